The topological polar surface area (TPSA) is 72.5 Å². The molecule has 0 bridgehead atoms. The summed E-state index contributed by atoms with van der Waals surface area (Å²) in [6.45, 7) is 5.36. The van der Waals surface area contributed by atoms with Crippen LogP contribution in [0.15, 0.2) is 29.1 Å². The lowest BCUT2D eigenvalue weighted by atomic mass is 10.1. The van der Waals surface area contributed by atoms with Crippen LogP contribution in [0.4, 0.5) is 0 Å². The second-order valence-electron chi connectivity index (χ2n) is 9.60. The minimum absolute atomic E-state index is 0.0584. The largest absolute Gasteiger partial charge is 0.462 e. The third-order valence-electron chi connectivity index (χ3n) is 6.39. The van der Waals surface area contributed by atoms with Gasteiger partial charge in [0.25, 0.3) is 5.91 Å². The molecular formula is C30H49NO4. The van der Waals surface area contributed by atoms with Gasteiger partial charge in [0.1, 0.15) is 0 Å². The van der Waals surface area contributed by atoms with E-state index >= 15 is 0 Å². The van der Waals surface area contributed by atoms with E-state index in [9.17, 15) is 14.4 Å². The maximum absolute atomic E-state index is 12.5. The lowest BCUT2D eigenvalue weighted by Gasteiger charge is -2.05. The Balaban J connectivity index is 2.26. The number of unbranched alkanes of at least 4 members (excludes halogenated alkanes) is 15. The average molecular weight is 488 g/mol. The SMILES string of the molecule is CCCCCCCCCCCCCNC(=O)c1ccc(C(=O)OCCCCCCCC)ccc1=O. The molecule has 0 aromatic heterocycles. The first-order valence-corrected chi connectivity index (χ1v) is 14.2. The summed E-state index contributed by atoms with van der Waals surface area (Å²) in [5, 5.41) is 2.84. The fourth-order valence-electron chi connectivity index (χ4n) is 4.11. The molecule has 0 spiro atoms. The van der Waals surface area contributed by atoms with E-state index in [1.165, 1.54) is 101 Å². The zero-order valence-corrected chi connectivity index (χ0v) is 22.4. The lowest BCUT2D eigenvalue weighted by Crippen LogP contribution is -2.28. The Morgan fingerprint density at radius 2 is 1.14 bits per heavy atom. The molecule has 1 rings (SSSR count). The molecule has 0 aliphatic carbocycles. The van der Waals surface area contributed by atoms with Crippen molar-refractivity contribution in [2.45, 2.75) is 123 Å². The molecule has 0 aliphatic heterocycles. The number of hydrogen-bond acceptors (Lipinski definition) is 4. The number of ether oxygens (including phenoxy) is 1. The third kappa shape index (κ3) is 15.4. The van der Waals surface area contributed by atoms with Gasteiger partial charge in [-0.05, 0) is 37.1 Å². The first kappa shape index (κ1) is 30.9. The van der Waals surface area contributed by atoms with Crippen molar-refractivity contribution < 1.29 is 14.3 Å². The fourth-order valence-corrected chi connectivity index (χ4v) is 4.11. The Kier molecular flexibility index (Phi) is 18.6. The van der Waals surface area contributed by atoms with Gasteiger partial charge in [0, 0.05) is 6.54 Å². The van der Waals surface area contributed by atoms with Gasteiger partial charge in [-0.25, -0.2) is 4.79 Å². The van der Waals surface area contributed by atoms with Crippen LogP contribution in [0.5, 0.6) is 0 Å². The van der Waals surface area contributed by atoms with Gasteiger partial charge in [-0.15, -0.1) is 0 Å². The molecule has 5 nitrogen and oxygen atoms in total. The number of amides is 1. The molecule has 0 saturated heterocycles. The summed E-state index contributed by atoms with van der Waals surface area (Å²) < 4.78 is 5.32. The molecule has 0 atom stereocenters. The molecule has 1 aromatic carbocycles. The standard InChI is InChI=1S/C30H49NO4/c1-3-5-7-9-11-12-13-14-15-16-18-24-31-29(33)27-22-20-26(21-23-28(27)32)30(34)35-25-19-17-10-8-6-4-2/h20-23H,3-19,24-25H2,1-2H3,(H,31,33). The van der Waals surface area contributed by atoms with Crippen LogP contribution < -0.4 is 10.7 Å². The van der Waals surface area contributed by atoms with Crippen LogP contribution in [-0.4, -0.2) is 25.0 Å². The van der Waals surface area contributed by atoms with Crippen LogP contribution in [0.3, 0.4) is 0 Å². The van der Waals surface area contributed by atoms with Gasteiger partial charge in [-0.3, -0.25) is 9.59 Å². The van der Waals surface area contributed by atoms with E-state index < -0.39 is 11.4 Å². The molecule has 1 amide bonds. The van der Waals surface area contributed by atoms with Crippen LogP contribution in [0.25, 0.3) is 0 Å². The molecule has 0 radical (unpaired) electrons. The summed E-state index contributed by atoms with van der Waals surface area (Å²) in [5.74, 6) is -0.842. The number of hydrogen-bond donors (Lipinski definition) is 1. The average Bonchev–Trinajstić information content (AvgIpc) is 3.05. The van der Waals surface area contributed by atoms with Crippen molar-refractivity contribution >= 4 is 11.9 Å². The number of rotatable bonds is 21. The minimum Gasteiger partial charge on any atom is -0.462 e. The van der Waals surface area contributed by atoms with Crippen molar-refractivity contribution in [3.05, 3.63) is 45.6 Å². The highest BCUT2D eigenvalue weighted by Gasteiger charge is 2.11. The molecule has 0 heterocycles. The molecule has 0 unspecified atom stereocenters. The monoisotopic (exact) mass is 487 g/mol. The van der Waals surface area contributed by atoms with Crippen LogP contribution in [0.2, 0.25) is 0 Å². The predicted octanol–water partition coefficient (Wildman–Crippen LogP) is 7.60. The van der Waals surface area contributed by atoms with Crippen LogP contribution >= 0.6 is 0 Å². The van der Waals surface area contributed by atoms with Crippen LogP contribution in [0.1, 0.15) is 144 Å². The smallest absolute Gasteiger partial charge is 0.338 e. The Bertz CT molecular complexity index is 762. The first-order chi connectivity index (χ1) is 17.1. The Morgan fingerprint density at radius 3 is 1.71 bits per heavy atom. The molecule has 35 heavy (non-hydrogen) atoms. The third-order valence-corrected chi connectivity index (χ3v) is 6.39. The minimum atomic E-state index is -0.457. The highest BCUT2D eigenvalue weighted by molar-refractivity contribution is 5.95. The van der Waals surface area contributed by atoms with E-state index in [0.717, 1.165) is 32.1 Å². The first-order valence-electron chi connectivity index (χ1n) is 14.2. The highest BCUT2D eigenvalue weighted by atomic mass is 16.5. The normalized spacial score (nSPS) is 10.8. The maximum Gasteiger partial charge on any atom is 0.338 e. The number of carbonyl (C=O) groups excluding carboxylic acids is 2. The molecule has 5 heteroatoms. The number of carbonyl (C=O) groups is 2. The van der Waals surface area contributed by atoms with Gasteiger partial charge in [0.15, 0.2) is 5.43 Å². The highest BCUT2D eigenvalue weighted by Crippen LogP contribution is 2.11. The van der Waals surface area contributed by atoms with Crippen molar-refractivity contribution in [1.29, 1.82) is 0 Å². The lowest BCUT2D eigenvalue weighted by molar-refractivity contribution is 0.0497. The van der Waals surface area contributed by atoms with Gasteiger partial charge in [-0.1, -0.05) is 110 Å². The second-order valence-corrected chi connectivity index (χ2v) is 9.60. The van der Waals surface area contributed by atoms with E-state index in [1.807, 2.05) is 0 Å². The van der Waals surface area contributed by atoms with Crippen molar-refractivity contribution in [3.63, 3.8) is 0 Å². The maximum atomic E-state index is 12.5. The van der Waals surface area contributed by atoms with Crippen LogP contribution in [0, 0.1) is 0 Å². The quantitative estimate of drug-likeness (QED) is 0.143. The van der Waals surface area contributed by atoms with E-state index in [1.54, 1.807) is 0 Å². The summed E-state index contributed by atoms with van der Waals surface area (Å²) in [6.07, 6.45) is 20.5. The molecular weight excluding hydrogens is 438 g/mol. The van der Waals surface area contributed by atoms with Gasteiger partial charge in [-0.2, -0.15) is 0 Å². The summed E-state index contributed by atoms with van der Waals surface area (Å²) >= 11 is 0. The Labute approximate surface area is 213 Å². The summed E-state index contributed by atoms with van der Waals surface area (Å²) in [7, 11) is 0. The molecule has 0 aliphatic rings. The summed E-state index contributed by atoms with van der Waals surface area (Å²) in [5.41, 5.74) is -0.0445. The summed E-state index contributed by atoms with van der Waals surface area (Å²) in [4.78, 5) is 37.1. The molecule has 198 valence electrons. The zero-order chi connectivity index (χ0) is 25.6. The predicted molar refractivity (Wildman–Crippen MR) is 145 cm³/mol. The fraction of sp³-hybridized carbons (Fsp3) is 0.700. The van der Waals surface area contributed by atoms with E-state index in [4.69, 9.17) is 4.74 Å². The van der Waals surface area contributed by atoms with E-state index in [0.29, 0.717) is 13.2 Å². The zero-order valence-electron chi connectivity index (χ0n) is 22.4. The Hall–Kier alpha value is -2.17. The molecule has 1 N–H and O–H groups in total. The molecule has 0 fully saturated rings. The second kappa shape index (κ2) is 21.1. The van der Waals surface area contributed by atoms with Gasteiger partial charge >= 0.3 is 5.97 Å². The van der Waals surface area contributed by atoms with E-state index in [2.05, 4.69) is 19.2 Å². The molecule has 1 aromatic rings. The van der Waals surface area contributed by atoms with Crippen molar-refractivity contribution in [1.82, 2.24) is 5.32 Å². The van der Waals surface area contributed by atoms with Crippen molar-refractivity contribution in [2.24, 2.45) is 0 Å². The number of nitrogens with one attached hydrogen (secondary N) is 1. The summed E-state index contributed by atoms with van der Waals surface area (Å²) in [6, 6.07) is 5.65. The Morgan fingerprint density at radius 1 is 0.657 bits per heavy atom. The number of esters is 1. The van der Waals surface area contributed by atoms with Crippen molar-refractivity contribution in [3.8, 4) is 0 Å². The van der Waals surface area contributed by atoms with Crippen molar-refractivity contribution in [2.75, 3.05) is 13.2 Å². The van der Waals surface area contributed by atoms with E-state index in [-0.39, 0.29) is 17.0 Å². The van der Waals surface area contributed by atoms with Gasteiger partial charge in [0.2, 0.25) is 0 Å². The molecule has 0 saturated carbocycles. The van der Waals surface area contributed by atoms with Gasteiger partial charge in [0.05, 0.1) is 17.7 Å². The van der Waals surface area contributed by atoms with Crippen LogP contribution in [-0.2, 0) is 4.74 Å². The van der Waals surface area contributed by atoms with Gasteiger partial charge < -0.3 is 10.1 Å².